The first-order valence-corrected chi connectivity index (χ1v) is 6.98. The van der Waals surface area contributed by atoms with Crippen molar-refractivity contribution in [2.24, 2.45) is 0 Å². The van der Waals surface area contributed by atoms with Crippen molar-refractivity contribution in [2.75, 3.05) is 6.54 Å². The molecular formula is C13H24BrN3. The molecular weight excluding hydrogens is 278 g/mol. The van der Waals surface area contributed by atoms with E-state index in [4.69, 9.17) is 0 Å². The van der Waals surface area contributed by atoms with Gasteiger partial charge in [0.15, 0.2) is 0 Å². The second-order valence-electron chi connectivity index (χ2n) is 5.74. The number of hydrogen-bond acceptors (Lipinski definition) is 2. The minimum atomic E-state index is 0.190. The van der Waals surface area contributed by atoms with Crippen LogP contribution in [0, 0.1) is 13.8 Å². The molecule has 1 rings (SSSR count). The van der Waals surface area contributed by atoms with E-state index in [0.29, 0.717) is 6.04 Å². The van der Waals surface area contributed by atoms with Gasteiger partial charge in [-0.1, -0.05) is 0 Å². The summed E-state index contributed by atoms with van der Waals surface area (Å²) in [7, 11) is 0. The lowest BCUT2D eigenvalue weighted by atomic mass is 10.1. The maximum absolute atomic E-state index is 4.57. The van der Waals surface area contributed by atoms with Gasteiger partial charge in [-0.3, -0.25) is 4.68 Å². The summed E-state index contributed by atoms with van der Waals surface area (Å²) in [6.45, 7) is 14.0. The topological polar surface area (TPSA) is 29.9 Å². The molecule has 1 aromatic heterocycles. The van der Waals surface area contributed by atoms with Crippen LogP contribution in [0.5, 0.6) is 0 Å². The van der Waals surface area contributed by atoms with E-state index in [1.807, 2.05) is 6.92 Å². The Labute approximate surface area is 113 Å². The lowest BCUT2D eigenvalue weighted by Gasteiger charge is -2.22. The SMILES string of the molecule is Cc1nn(C(C)CCNC(C)(C)C)c(C)c1Br. The van der Waals surface area contributed by atoms with E-state index in [1.165, 1.54) is 5.69 Å². The molecule has 3 nitrogen and oxygen atoms in total. The Balaban J connectivity index is 2.58. The van der Waals surface area contributed by atoms with E-state index in [2.05, 4.69) is 65.6 Å². The molecule has 0 aliphatic carbocycles. The maximum Gasteiger partial charge on any atom is 0.0738 e. The van der Waals surface area contributed by atoms with Gasteiger partial charge < -0.3 is 5.32 Å². The lowest BCUT2D eigenvalue weighted by molar-refractivity contribution is 0.376. The Bertz CT molecular complexity index is 377. The van der Waals surface area contributed by atoms with E-state index in [-0.39, 0.29) is 5.54 Å². The molecule has 0 saturated carbocycles. The molecule has 0 spiro atoms. The van der Waals surface area contributed by atoms with Gasteiger partial charge in [0.05, 0.1) is 21.9 Å². The average Bonchev–Trinajstić information content (AvgIpc) is 2.44. The highest BCUT2D eigenvalue weighted by Gasteiger charge is 2.15. The Morgan fingerprint density at radius 2 is 1.94 bits per heavy atom. The van der Waals surface area contributed by atoms with Crippen LogP contribution in [-0.2, 0) is 0 Å². The Hall–Kier alpha value is -0.350. The molecule has 0 aliphatic rings. The molecule has 98 valence electrons. The molecule has 1 N–H and O–H groups in total. The molecule has 1 heterocycles. The smallest absolute Gasteiger partial charge is 0.0738 e. The van der Waals surface area contributed by atoms with Crippen LogP contribution in [0.4, 0.5) is 0 Å². The largest absolute Gasteiger partial charge is 0.312 e. The summed E-state index contributed by atoms with van der Waals surface area (Å²) < 4.78 is 3.25. The Kier molecular flexibility index (Phi) is 4.78. The van der Waals surface area contributed by atoms with E-state index >= 15 is 0 Å². The number of rotatable bonds is 4. The summed E-state index contributed by atoms with van der Waals surface area (Å²) in [5.41, 5.74) is 2.47. The third-order valence-electron chi connectivity index (χ3n) is 2.87. The highest BCUT2D eigenvalue weighted by atomic mass is 79.9. The standard InChI is InChI=1S/C13H24BrN3/c1-9(7-8-15-13(4,5)6)17-11(3)12(14)10(2)16-17/h9,15H,7-8H2,1-6H3. The monoisotopic (exact) mass is 301 g/mol. The summed E-state index contributed by atoms with van der Waals surface area (Å²) in [5, 5.41) is 8.08. The minimum Gasteiger partial charge on any atom is -0.312 e. The first-order valence-electron chi connectivity index (χ1n) is 6.18. The van der Waals surface area contributed by atoms with Gasteiger partial charge in [-0.15, -0.1) is 0 Å². The first kappa shape index (κ1) is 14.7. The van der Waals surface area contributed by atoms with Crippen LogP contribution >= 0.6 is 15.9 Å². The van der Waals surface area contributed by atoms with Crippen molar-refractivity contribution in [1.29, 1.82) is 0 Å². The van der Waals surface area contributed by atoms with Crippen molar-refractivity contribution in [1.82, 2.24) is 15.1 Å². The highest BCUT2D eigenvalue weighted by molar-refractivity contribution is 9.10. The number of halogens is 1. The quantitative estimate of drug-likeness (QED) is 0.921. The van der Waals surface area contributed by atoms with Crippen molar-refractivity contribution in [3.8, 4) is 0 Å². The Morgan fingerprint density at radius 1 is 1.35 bits per heavy atom. The van der Waals surface area contributed by atoms with Gasteiger partial charge in [0, 0.05) is 5.54 Å². The zero-order valence-corrected chi connectivity index (χ0v) is 13.3. The predicted octanol–water partition coefficient (Wildman–Crippen LogP) is 3.60. The molecule has 1 aromatic rings. The van der Waals surface area contributed by atoms with E-state index < -0.39 is 0 Å². The Morgan fingerprint density at radius 3 is 2.35 bits per heavy atom. The third-order valence-corrected chi connectivity index (χ3v) is 4.02. The van der Waals surface area contributed by atoms with Crippen molar-refractivity contribution < 1.29 is 0 Å². The lowest BCUT2D eigenvalue weighted by Crippen LogP contribution is -2.37. The van der Waals surface area contributed by atoms with Crippen LogP contribution in [0.1, 0.15) is 51.5 Å². The van der Waals surface area contributed by atoms with Crippen LogP contribution in [0.3, 0.4) is 0 Å². The zero-order chi connectivity index (χ0) is 13.2. The minimum absolute atomic E-state index is 0.190. The highest BCUT2D eigenvalue weighted by Crippen LogP contribution is 2.23. The van der Waals surface area contributed by atoms with Gasteiger partial charge in [-0.25, -0.2) is 0 Å². The number of nitrogens with one attached hydrogen (secondary N) is 1. The molecule has 0 radical (unpaired) electrons. The number of hydrogen-bond donors (Lipinski definition) is 1. The fourth-order valence-electron chi connectivity index (χ4n) is 1.85. The van der Waals surface area contributed by atoms with Crippen LogP contribution in [-0.4, -0.2) is 21.9 Å². The average molecular weight is 302 g/mol. The second kappa shape index (κ2) is 5.53. The fourth-order valence-corrected chi connectivity index (χ4v) is 2.11. The van der Waals surface area contributed by atoms with Gasteiger partial charge in [0.1, 0.15) is 0 Å². The van der Waals surface area contributed by atoms with Crippen molar-refractivity contribution >= 4 is 15.9 Å². The normalized spacial score (nSPS) is 14.1. The second-order valence-corrected chi connectivity index (χ2v) is 6.54. The molecule has 0 bridgehead atoms. The van der Waals surface area contributed by atoms with Crippen molar-refractivity contribution in [3.63, 3.8) is 0 Å². The molecule has 1 atom stereocenters. The molecule has 4 heteroatoms. The molecule has 17 heavy (non-hydrogen) atoms. The summed E-state index contributed by atoms with van der Waals surface area (Å²) in [4.78, 5) is 0. The molecule has 1 unspecified atom stereocenters. The molecule has 0 aliphatic heterocycles. The van der Waals surface area contributed by atoms with Crippen molar-refractivity contribution in [2.45, 2.75) is 59.5 Å². The van der Waals surface area contributed by atoms with Crippen molar-refractivity contribution in [3.05, 3.63) is 15.9 Å². The fraction of sp³-hybridized carbons (Fsp3) is 0.769. The van der Waals surface area contributed by atoms with Gasteiger partial charge in [0.2, 0.25) is 0 Å². The predicted molar refractivity (Wildman–Crippen MR) is 76.5 cm³/mol. The zero-order valence-electron chi connectivity index (χ0n) is 11.8. The van der Waals surface area contributed by atoms with Gasteiger partial charge in [-0.2, -0.15) is 5.10 Å². The van der Waals surface area contributed by atoms with Crippen LogP contribution in [0.25, 0.3) is 0 Å². The van der Waals surface area contributed by atoms with E-state index in [0.717, 1.165) is 23.1 Å². The van der Waals surface area contributed by atoms with Gasteiger partial charge in [-0.05, 0) is 70.4 Å². The molecule has 0 fully saturated rings. The maximum atomic E-state index is 4.57. The number of aromatic nitrogens is 2. The summed E-state index contributed by atoms with van der Waals surface area (Å²) in [6, 6.07) is 0.426. The summed E-state index contributed by atoms with van der Waals surface area (Å²) in [6.07, 6.45) is 1.09. The third kappa shape index (κ3) is 4.11. The number of aryl methyl sites for hydroxylation is 1. The molecule has 0 amide bonds. The first-order chi connectivity index (χ1) is 7.72. The van der Waals surface area contributed by atoms with Crippen LogP contribution in [0.15, 0.2) is 4.47 Å². The summed E-state index contributed by atoms with van der Waals surface area (Å²) >= 11 is 3.57. The number of nitrogens with zero attached hydrogens (tertiary/aromatic N) is 2. The van der Waals surface area contributed by atoms with Gasteiger partial charge >= 0.3 is 0 Å². The van der Waals surface area contributed by atoms with Gasteiger partial charge in [0.25, 0.3) is 0 Å². The molecule has 0 aromatic carbocycles. The van der Waals surface area contributed by atoms with E-state index in [1.54, 1.807) is 0 Å². The summed E-state index contributed by atoms with van der Waals surface area (Å²) in [5.74, 6) is 0. The van der Waals surface area contributed by atoms with E-state index in [9.17, 15) is 0 Å². The molecule has 0 saturated heterocycles. The van der Waals surface area contributed by atoms with Crippen LogP contribution < -0.4 is 5.32 Å². The van der Waals surface area contributed by atoms with Crippen LogP contribution in [0.2, 0.25) is 0 Å².